The standard InChI is InChI=1S/C47H72N2O4/c1-31(2)36-21-27-47(48-29-33-13-12-28-49(30-33)42(52)53-43(4,5)6)26-20-32(3)45(9)25-23-39-44(7,8)37(34-16-18-35(19-17-34)41(50)51)22-24-46(39,10)40(45)15-11-14-38(36)47/h16-19,22,32-33,36,38-40,48H,1,11-15,20-21,23-30H2,2-10H3,(H,50,51). The quantitative estimate of drug-likeness (QED) is 0.285. The number of hydrogen-bond acceptors (Lipinski definition) is 4. The average molecular weight is 729 g/mol. The van der Waals surface area contributed by atoms with Crippen LogP contribution < -0.4 is 5.32 Å². The fraction of sp³-hybridized carbons (Fsp3) is 0.745. The molecule has 1 heterocycles. The molecule has 0 bridgehead atoms. The Morgan fingerprint density at radius 3 is 2.28 bits per heavy atom. The monoisotopic (exact) mass is 729 g/mol. The number of nitrogens with zero attached hydrogens (tertiary/aromatic N) is 1. The van der Waals surface area contributed by atoms with Crippen LogP contribution in [-0.2, 0) is 4.74 Å². The van der Waals surface area contributed by atoms with Gasteiger partial charge in [-0.25, -0.2) is 9.59 Å². The molecule has 6 heteroatoms. The van der Waals surface area contributed by atoms with Crippen LogP contribution in [0.3, 0.4) is 0 Å². The Morgan fingerprint density at radius 2 is 1.62 bits per heavy atom. The first kappa shape index (κ1) is 40.1. The second-order valence-corrected chi connectivity index (χ2v) is 20.5. The number of fused-ring (bicyclic) bond motifs is 4. The van der Waals surface area contributed by atoms with Crippen LogP contribution in [0.15, 0.2) is 42.5 Å². The van der Waals surface area contributed by atoms with E-state index >= 15 is 0 Å². The van der Waals surface area contributed by atoms with E-state index in [2.05, 4.69) is 59.5 Å². The summed E-state index contributed by atoms with van der Waals surface area (Å²) in [6.07, 6.45) is 16.9. The van der Waals surface area contributed by atoms with E-state index in [1.54, 1.807) is 12.1 Å². The summed E-state index contributed by atoms with van der Waals surface area (Å²) < 4.78 is 5.77. The lowest BCUT2D eigenvalue weighted by Gasteiger charge is -2.64. The van der Waals surface area contributed by atoms with Gasteiger partial charge in [-0.15, -0.1) is 0 Å². The highest BCUT2D eigenvalue weighted by Gasteiger charge is 2.60. The van der Waals surface area contributed by atoms with Crippen LogP contribution in [0.4, 0.5) is 4.79 Å². The number of aromatic carboxylic acids is 1. The molecule has 9 unspecified atom stereocenters. The lowest BCUT2D eigenvalue weighted by molar-refractivity contribution is -0.120. The first-order valence-corrected chi connectivity index (χ1v) is 21.2. The number of allylic oxidation sites excluding steroid dienone is 3. The summed E-state index contributed by atoms with van der Waals surface area (Å²) in [6.45, 7) is 28.1. The van der Waals surface area contributed by atoms with Gasteiger partial charge in [0, 0.05) is 25.2 Å². The second-order valence-electron chi connectivity index (χ2n) is 20.5. The van der Waals surface area contributed by atoms with Crippen LogP contribution >= 0.6 is 0 Å². The minimum absolute atomic E-state index is 0.00534. The Hall–Kier alpha value is -2.60. The van der Waals surface area contributed by atoms with Gasteiger partial charge >= 0.3 is 12.1 Å². The molecule has 5 aliphatic rings. The van der Waals surface area contributed by atoms with Crippen molar-refractivity contribution in [3.05, 3.63) is 53.6 Å². The van der Waals surface area contributed by atoms with Crippen molar-refractivity contribution in [1.82, 2.24) is 10.2 Å². The van der Waals surface area contributed by atoms with Crippen LogP contribution in [-0.4, -0.2) is 52.8 Å². The number of amides is 1. The predicted molar refractivity (Wildman–Crippen MR) is 217 cm³/mol. The third kappa shape index (κ3) is 7.66. The highest BCUT2D eigenvalue weighted by Crippen LogP contribution is 2.68. The molecule has 1 amide bonds. The van der Waals surface area contributed by atoms with Gasteiger partial charge < -0.3 is 20.1 Å². The maximum absolute atomic E-state index is 13.0. The Balaban J connectivity index is 1.23. The van der Waals surface area contributed by atoms with E-state index in [1.807, 2.05) is 37.8 Å². The number of ether oxygens (including phenoxy) is 1. The summed E-state index contributed by atoms with van der Waals surface area (Å²) in [6, 6.07) is 7.60. The largest absolute Gasteiger partial charge is 0.478 e. The zero-order chi connectivity index (χ0) is 38.6. The van der Waals surface area contributed by atoms with Gasteiger partial charge in [-0.3, -0.25) is 0 Å². The molecule has 1 aromatic rings. The van der Waals surface area contributed by atoms with Crippen molar-refractivity contribution in [2.75, 3.05) is 19.6 Å². The molecular formula is C47H72N2O4. The molecule has 3 saturated carbocycles. The molecular weight excluding hydrogens is 657 g/mol. The molecule has 1 saturated heterocycles. The summed E-state index contributed by atoms with van der Waals surface area (Å²) in [5, 5.41) is 13.8. The van der Waals surface area contributed by atoms with E-state index in [4.69, 9.17) is 4.74 Å². The maximum atomic E-state index is 13.0. The molecule has 53 heavy (non-hydrogen) atoms. The van der Waals surface area contributed by atoms with E-state index in [9.17, 15) is 14.7 Å². The fourth-order valence-corrected chi connectivity index (χ4v) is 13.0. The minimum Gasteiger partial charge on any atom is -0.478 e. The van der Waals surface area contributed by atoms with E-state index < -0.39 is 11.6 Å². The van der Waals surface area contributed by atoms with E-state index in [1.165, 1.54) is 74.5 Å². The molecule has 294 valence electrons. The number of likely N-dealkylation sites (tertiary alicyclic amines) is 1. The average Bonchev–Trinajstić information content (AvgIpc) is 3.45. The number of benzene rings is 1. The smallest absolute Gasteiger partial charge is 0.410 e. The van der Waals surface area contributed by atoms with Crippen LogP contribution in [0.25, 0.3) is 5.57 Å². The number of carboxylic acids is 1. The number of carbonyl (C=O) groups excluding carboxylic acids is 1. The van der Waals surface area contributed by atoms with Gasteiger partial charge in [0.05, 0.1) is 5.56 Å². The SMILES string of the molecule is C=C(C)C1CCC2(NCC3CCCN(C(=O)OC(C)(C)C)C3)CCC(C)C3(C)CCC4C(C)(C)C(c5ccc(C(=O)O)cc5)=CCC4(C)C3CCCC12. The maximum Gasteiger partial charge on any atom is 0.410 e. The minimum atomic E-state index is -0.867. The van der Waals surface area contributed by atoms with Crippen LogP contribution in [0, 0.1) is 51.8 Å². The van der Waals surface area contributed by atoms with Gasteiger partial charge in [-0.2, -0.15) is 0 Å². The molecule has 6 nitrogen and oxygen atoms in total. The third-order valence-corrected chi connectivity index (χ3v) is 15.9. The number of rotatable bonds is 6. The number of piperidine rings is 1. The highest BCUT2D eigenvalue weighted by atomic mass is 16.6. The van der Waals surface area contributed by atoms with Gasteiger partial charge in [0.15, 0.2) is 0 Å². The Morgan fingerprint density at radius 1 is 0.925 bits per heavy atom. The highest BCUT2D eigenvalue weighted by molar-refractivity contribution is 5.88. The molecule has 1 aliphatic heterocycles. The molecule has 6 rings (SSSR count). The molecule has 0 radical (unpaired) electrons. The zero-order valence-corrected chi connectivity index (χ0v) is 34.8. The van der Waals surface area contributed by atoms with Crippen molar-refractivity contribution in [1.29, 1.82) is 0 Å². The topological polar surface area (TPSA) is 78.9 Å². The van der Waals surface area contributed by atoms with Crippen molar-refractivity contribution in [3.63, 3.8) is 0 Å². The summed E-state index contributed by atoms with van der Waals surface area (Å²) in [5.41, 5.74) is 4.44. The van der Waals surface area contributed by atoms with Gasteiger partial charge in [-0.1, -0.05) is 71.4 Å². The Labute approximate surface area is 322 Å². The molecule has 1 aromatic carbocycles. The molecule has 4 aliphatic carbocycles. The van der Waals surface area contributed by atoms with E-state index in [-0.39, 0.29) is 27.9 Å². The van der Waals surface area contributed by atoms with Crippen molar-refractivity contribution in [2.45, 2.75) is 151 Å². The number of carbonyl (C=O) groups is 2. The fourth-order valence-electron chi connectivity index (χ4n) is 13.0. The van der Waals surface area contributed by atoms with Crippen molar-refractivity contribution in [3.8, 4) is 0 Å². The van der Waals surface area contributed by atoms with Gasteiger partial charge in [0.2, 0.25) is 0 Å². The number of nitrogens with one attached hydrogen (secondary N) is 1. The molecule has 0 spiro atoms. The van der Waals surface area contributed by atoms with Crippen LogP contribution in [0.1, 0.15) is 155 Å². The normalized spacial score (nSPS) is 37.4. The zero-order valence-electron chi connectivity index (χ0n) is 34.8. The summed E-state index contributed by atoms with van der Waals surface area (Å²) in [7, 11) is 0. The number of hydrogen-bond donors (Lipinski definition) is 2. The lowest BCUT2D eigenvalue weighted by Crippen LogP contribution is -2.57. The third-order valence-electron chi connectivity index (χ3n) is 15.9. The first-order chi connectivity index (χ1) is 24.8. The Bertz CT molecular complexity index is 1550. The molecule has 0 aromatic heterocycles. The number of carboxylic acid groups (broad SMARTS) is 1. The van der Waals surface area contributed by atoms with Crippen molar-refractivity contribution >= 4 is 17.6 Å². The van der Waals surface area contributed by atoms with Gasteiger partial charge in [0.25, 0.3) is 0 Å². The van der Waals surface area contributed by atoms with Gasteiger partial charge in [0.1, 0.15) is 5.60 Å². The van der Waals surface area contributed by atoms with Crippen molar-refractivity contribution in [2.24, 2.45) is 51.8 Å². The van der Waals surface area contributed by atoms with Crippen LogP contribution in [0.2, 0.25) is 0 Å². The van der Waals surface area contributed by atoms with E-state index in [0.29, 0.717) is 41.1 Å². The predicted octanol–water partition coefficient (Wildman–Crippen LogP) is 11.4. The van der Waals surface area contributed by atoms with Gasteiger partial charge in [-0.05, 0) is 173 Å². The molecule has 4 fully saturated rings. The van der Waals surface area contributed by atoms with E-state index in [0.717, 1.165) is 38.9 Å². The van der Waals surface area contributed by atoms with Crippen LogP contribution in [0.5, 0.6) is 0 Å². The second kappa shape index (κ2) is 14.8. The summed E-state index contributed by atoms with van der Waals surface area (Å²) in [4.78, 5) is 26.6. The summed E-state index contributed by atoms with van der Waals surface area (Å²) >= 11 is 0. The summed E-state index contributed by atoms with van der Waals surface area (Å²) in [5.74, 6) is 2.60. The first-order valence-electron chi connectivity index (χ1n) is 21.2. The van der Waals surface area contributed by atoms with Crippen molar-refractivity contribution < 1.29 is 19.4 Å². The molecule has 9 atom stereocenters. The Kier molecular flexibility index (Phi) is 11.2. The molecule has 2 N–H and O–H groups in total. The lowest BCUT2D eigenvalue weighted by atomic mass is 9.40.